The molecule has 4 aromatic rings. The monoisotopic (exact) mass is 458 g/mol. The van der Waals surface area contributed by atoms with Gasteiger partial charge in [-0.25, -0.2) is 19.0 Å². The van der Waals surface area contributed by atoms with E-state index >= 15 is 0 Å². The number of anilines is 4. The largest absolute Gasteiger partial charge is 0.416 e. The fourth-order valence-corrected chi connectivity index (χ4v) is 2.67. The molecule has 7 nitrogen and oxygen atoms in total. The Labute approximate surface area is 173 Å². The van der Waals surface area contributed by atoms with Crippen molar-refractivity contribution in [2.24, 2.45) is 0 Å². The van der Waals surface area contributed by atoms with Crippen molar-refractivity contribution < 1.29 is 35.4 Å². The molecule has 0 aliphatic rings. The van der Waals surface area contributed by atoms with Crippen molar-refractivity contribution in [3.63, 3.8) is 0 Å². The summed E-state index contributed by atoms with van der Waals surface area (Å²) in [5, 5.41) is 11.8. The van der Waals surface area contributed by atoms with Gasteiger partial charge < -0.3 is 10.6 Å². The molecule has 0 spiro atoms. The van der Waals surface area contributed by atoms with E-state index in [0.717, 1.165) is 6.07 Å². The molecule has 0 aliphatic heterocycles. The molecule has 0 radical (unpaired) electrons. The quantitative estimate of drug-likeness (QED) is 0.381. The first-order valence-electron chi connectivity index (χ1n) is 8.59. The van der Waals surface area contributed by atoms with Crippen molar-refractivity contribution in [3.8, 4) is 0 Å². The highest BCUT2D eigenvalue weighted by atomic mass is 19.4. The molecular formula is C18H9F7N6O. The maximum Gasteiger partial charge on any atom is 0.416 e. The van der Waals surface area contributed by atoms with Crippen LogP contribution in [0, 0.1) is 5.82 Å². The molecular weight excluding hydrogens is 449 g/mol. The summed E-state index contributed by atoms with van der Waals surface area (Å²) < 4.78 is 97.4. The van der Waals surface area contributed by atoms with Crippen molar-refractivity contribution in [1.82, 2.24) is 20.3 Å². The van der Waals surface area contributed by atoms with Gasteiger partial charge in [0.15, 0.2) is 11.6 Å². The zero-order valence-corrected chi connectivity index (χ0v) is 15.4. The third-order valence-corrected chi connectivity index (χ3v) is 4.09. The molecule has 2 heterocycles. The molecule has 0 amide bonds. The summed E-state index contributed by atoms with van der Waals surface area (Å²) in [5.41, 5.74) is -4.05. The second-order valence-corrected chi connectivity index (χ2v) is 6.36. The Morgan fingerprint density at radius 1 is 0.719 bits per heavy atom. The second-order valence-electron chi connectivity index (χ2n) is 6.36. The molecule has 0 saturated heterocycles. The number of halogens is 7. The van der Waals surface area contributed by atoms with Crippen molar-refractivity contribution in [1.29, 1.82) is 0 Å². The van der Waals surface area contributed by atoms with Gasteiger partial charge in [-0.1, -0.05) is 12.1 Å². The minimum absolute atomic E-state index is 0.0138. The summed E-state index contributed by atoms with van der Waals surface area (Å²) in [6, 6.07) is 6.28. The van der Waals surface area contributed by atoms with Crippen LogP contribution in [-0.2, 0) is 12.4 Å². The van der Waals surface area contributed by atoms with Crippen LogP contribution in [0.1, 0.15) is 11.1 Å². The van der Waals surface area contributed by atoms with Gasteiger partial charge in [0.1, 0.15) is 5.82 Å². The Bertz CT molecular complexity index is 1250. The molecule has 0 bridgehead atoms. The average Bonchev–Trinajstić information content (AvgIpc) is 3.15. The molecule has 32 heavy (non-hydrogen) atoms. The van der Waals surface area contributed by atoms with Crippen molar-refractivity contribution in [2.45, 2.75) is 12.4 Å². The number of para-hydroxylation sites is 1. The molecule has 0 saturated carbocycles. The van der Waals surface area contributed by atoms with Crippen LogP contribution < -0.4 is 10.6 Å². The van der Waals surface area contributed by atoms with Crippen LogP contribution >= 0.6 is 0 Å². The van der Waals surface area contributed by atoms with Gasteiger partial charge in [0.2, 0.25) is 11.3 Å². The molecule has 2 aromatic carbocycles. The lowest BCUT2D eigenvalue weighted by Gasteiger charge is -2.16. The number of hydrogen-bond acceptors (Lipinski definition) is 7. The molecule has 4 rings (SSSR count). The third-order valence-electron chi connectivity index (χ3n) is 4.09. The number of fused-ring (bicyclic) bond motifs is 1. The van der Waals surface area contributed by atoms with E-state index < -0.39 is 35.0 Å². The van der Waals surface area contributed by atoms with Crippen molar-refractivity contribution in [2.75, 3.05) is 10.6 Å². The highest BCUT2D eigenvalue weighted by molar-refractivity contribution is 5.79. The average molecular weight is 458 g/mol. The Balaban J connectivity index is 1.81. The van der Waals surface area contributed by atoms with Crippen LogP contribution in [0.2, 0.25) is 0 Å². The zero-order valence-electron chi connectivity index (χ0n) is 15.4. The number of rotatable bonds is 4. The van der Waals surface area contributed by atoms with Gasteiger partial charge in [-0.15, -0.1) is 0 Å². The Kier molecular flexibility index (Phi) is 5.06. The number of alkyl halides is 6. The predicted molar refractivity (Wildman–Crippen MR) is 96.8 cm³/mol. The van der Waals surface area contributed by atoms with Gasteiger partial charge in [-0.05, 0) is 40.6 Å². The van der Waals surface area contributed by atoms with Crippen molar-refractivity contribution in [3.05, 3.63) is 59.4 Å². The van der Waals surface area contributed by atoms with E-state index in [1.165, 1.54) is 18.2 Å². The first-order valence-corrected chi connectivity index (χ1v) is 8.59. The van der Waals surface area contributed by atoms with Crippen LogP contribution in [0.4, 0.5) is 53.7 Å². The lowest BCUT2D eigenvalue weighted by atomic mass is 10.1. The van der Waals surface area contributed by atoms with E-state index in [1.54, 1.807) is 0 Å². The number of aromatic nitrogens is 4. The van der Waals surface area contributed by atoms with E-state index in [0.29, 0.717) is 12.1 Å². The number of benzene rings is 2. The van der Waals surface area contributed by atoms with E-state index in [1.807, 2.05) is 0 Å². The van der Waals surface area contributed by atoms with Gasteiger partial charge in [0.25, 0.3) is 0 Å². The van der Waals surface area contributed by atoms with Gasteiger partial charge in [0.05, 0.1) is 16.8 Å². The van der Waals surface area contributed by atoms with E-state index in [4.69, 9.17) is 0 Å². The summed E-state index contributed by atoms with van der Waals surface area (Å²) in [6.07, 6.45) is -10.1. The highest BCUT2D eigenvalue weighted by Crippen LogP contribution is 2.38. The summed E-state index contributed by atoms with van der Waals surface area (Å²) in [4.78, 5) is 7.95. The van der Waals surface area contributed by atoms with Gasteiger partial charge in [0, 0.05) is 5.69 Å². The smallest absolute Gasteiger partial charge is 0.337 e. The van der Waals surface area contributed by atoms with E-state index in [-0.39, 0.29) is 34.7 Å². The minimum atomic E-state index is -5.04. The fraction of sp³-hybridized carbons (Fsp3) is 0.111. The lowest BCUT2D eigenvalue weighted by Crippen LogP contribution is -2.12. The Morgan fingerprint density at radius 3 is 1.78 bits per heavy atom. The number of nitrogens with one attached hydrogen (secondary N) is 2. The molecule has 0 aliphatic carbocycles. The summed E-state index contributed by atoms with van der Waals surface area (Å²) in [7, 11) is 0. The van der Waals surface area contributed by atoms with E-state index in [9.17, 15) is 30.7 Å². The normalized spacial score (nSPS) is 12.2. The molecule has 14 heteroatoms. The van der Waals surface area contributed by atoms with Crippen LogP contribution in [0.15, 0.2) is 47.1 Å². The van der Waals surface area contributed by atoms with Crippen LogP contribution in [0.3, 0.4) is 0 Å². The standard InChI is InChI=1S/C18H9F7N6O/c19-11-3-1-2-4-12(11)27-14-13(28-15-16(29-14)31-32-30-15)26-10-6-8(17(20,21)22)5-9(7-10)18(23,24)25/h1-7H,(H,26,28,30)(H,27,29,31). The maximum absolute atomic E-state index is 14.0. The summed E-state index contributed by atoms with van der Waals surface area (Å²) in [5.74, 6) is -1.29. The Hall–Kier alpha value is -3.97. The van der Waals surface area contributed by atoms with Crippen molar-refractivity contribution >= 4 is 34.3 Å². The molecule has 2 N–H and O–H groups in total. The van der Waals surface area contributed by atoms with Crippen LogP contribution in [-0.4, -0.2) is 20.3 Å². The number of nitrogens with zero attached hydrogens (tertiary/aromatic N) is 4. The Morgan fingerprint density at radius 2 is 1.25 bits per heavy atom. The number of hydrogen-bond donors (Lipinski definition) is 2. The summed E-state index contributed by atoms with van der Waals surface area (Å²) in [6.45, 7) is 0. The molecule has 2 aromatic heterocycles. The minimum Gasteiger partial charge on any atom is -0.337 e. The maximum atomic E-state index is 14.0. The van der Waals surface area contributed by atoms with Gasteiger partial charge >= 0.3 is 12.4 Å². The SMILES string of the molecule is Fc1ccccc1Nc1nc2nonc2nc1Nc1cc(C(F)(F)F)cc(C(F)(F)F)c1. The van der Waals surface area contributed by atoms with Crippen LogP contribution in [0.5, 0.6) is 0 Å². The highest BCUT2D eigenvalue weighted by Gasteiger charge is 2.37. The molecule has 0 atom stereocenters. The summed E-state index contributed by atoms with van der Waals surface area (Å²) >= 11 is 0. The topological polar surface area (TPSA) is 88.8 Å². The molecule has 166 valence electrons. The first-order chi connectivity index (χ1) is 15.0. The lowest BCUT2D eigenvalue weighted by molar-refractivity contribution is -0.143. The molecule has 0 fully saturated rings. The molecule has 0 unspecified atom stereocenters. The first kappa shape index (κ1) is 21.3. The fourth-order valence-electron chi connectivity index (χ4n) is 2.67. The van der Waals surface area contributed by atoms with Gasteiger partial charge in [-0.2, -0.15) is 26.3 Å². The van der Waals surface area contributed by atoms with Gasteiger partial charge in [-0.3, -0.25) is 0 Å². The van der Waals surface area contributed by atoms with Crippen LogP contribution in [0.25, 0.3) is 11.3 Å². The van der Waals surface area contributed by atoms with E-state index in [2.05, 4.69) is 35.5 Å². The third kappa shape index (κ3) is 4.38. The predicted octanol–water partition coefficient (Wildman–Crippen LogP) is 5.68. The second kappa shape index (κ2) is 7.62. The zero-order chi connectivity index (χ0) is 23.1.